The largest absolute Gasteiger partial charge is 0.483 e. The SMILES string of the molecule is CC(C(=O)NC(C)(C)C)N(Cc1cccc(Br)c1)C(=O)COc1ccc2ccccc2c1Br. The molecule has 3 aromatic carbocycles. The molecule has 0 aliphatic carbocycles. The van der Waals surface area contributed by atoms with Crippen molar-refractivity contribution in [3.8, 4) is 5.75 Å². The Morgan fingerprint density at radius 2 is 1.76 bits per heavy atom. The Bertz CT molecular complexity index is 1160. The van der Waals surface area contributed by atoms with Gasteiger partial charge in [0.15, 0.2) is 6.61 Å². The second kappa shape index (κ2) is 10.7. The van der Waals surface area contributed by atoms with Gasteiger partial charge in [0.25, 0.3) is 5.91 Å². The summed E-state index contributed by atoms with van der Waals surface area (Å²) in [5.74, 6) is 0.0978. The van der Waals surface area contributed by atoms with Crippen molar-refractivity contribution >= 4 is 54.4 Å². The molecule has 2 amide bonds. The van der Waals surface area contributed by atoms with E-state index in [0.717, 1.165) is 25.3 Å². The van der Waals surface area contributed by atoms with Gasteiger partial charge in [-0.2, -0.15) is 0 Å². The van der Waals surface area contributed by atoms with E-state index in [2.05, 4.69) is 37.2 Å². The summed E-state index contributed by atoms with van der Waals surface area (Å²) in [6, 6.07) is 18.8. The van der Waals surface area contributed by atoms with Gasteiger partial charge in [0.05, 0.1) is 4.47 Å². The Morgan fingerprint density at radius 1 is 1.03 bits per heavy atom. The highest BCUT2D eigenvalue weighted by Crippen LogP contribution is 2.33. The fraction of sp³-hybridized carbons (Fsp3) is 0.308. The van der Waals surface area contributed by atoms with Crippen LogP contribution in [0.2, 0.25) is 0 Å². The van der Waals surface area contributed by atoms with Crippen LogP contribution in [0.5, 0.6) is 5.75 Å². The van der Waals surface area contributed by atoms with E-state index in [4.69, 9.17) is 4.74 Å². The van der Waals surface area contributed by atoms with Gasteiger partial charge >= 0.3 is 0 Å². The Balaban J connectivity index is 1.81. The maximum atomic E-state index is 13.3. The molecule has 0 saturated heterocycles. The second-order valence-electron chi connectivity index (χ2n) is 8.95. The Labute approximate surface area is 211 Å². The van der Waals surface area contributed by atoms with Gasteiger partial charge in [0, 0.05) is 16.6 Å². The third kappa shape index (κ3) is 6.81. The third-order valence-corrected chi connectivity index (χ3v) is 6.40. The molecule has 7 heteroatoms. The summed E-state index contributed by atoms with van der Waals surface area (Å²) in [7, 11) is 0. The van der Waals surface area contributed by atoms with Crippen molar-refractivity contribution in [3.63, 3.8) is 0 Å². The minimum atomic E-state index is -0.667. The number of hydrogen-bond donors (Lipinski definition) is 1. The Morgan fingerprint density at radius 3 is 2.45 bits per heavy atom. The lowest BCUT2D eigenvalue weighted by Gasteiger charge is -2.31. The van der Waals surface area contributed by atoms with E-state index < -0.39 is 11.6 Å². The van der Waals surface area contributed by atoms with E-state index in [1.807, 2.05) is 81.4 Å². The quantitative estimate of drug-likeness (QED) is 0.372. The molecule has 0 radical (unpaired) electrons. The normalized spacial score (nSPS) is 12.3. The first-order valence-electron chi connectivity index (χ1n) is 10.7. The molecule has 174 valence electrons. The van der Waals surface area contributed by atoms with Crippen LogP contribution in [0.1, 0.15) is 33.3 Å². The van der Waals surface area contributed by atoms with Crippen LogP contribution in [0.25, 0.3) is 10.8 Å². The maximum absolute atomic E-state index is 13.3. The number of halogens is 2. The lowest BCUT2D eigenvalue weighted by atomic mass is 10.1. The van der Waals surface area contributed by atoms with Gasteiger partial charge in [-0.25, -0.2) is 0 Å². The molecular formula is C26H28Br2N2O3. The molecule has 1 N–H and O–H groups in total. The molecule has 3 aromatic rings. The zero-order chi connectivity index (χ0) is 24.2. The van der Waals surface area contributed by atoms with E-state index in [1.54, 1.807) is 11.8 Å². The van der Waals surface area contributed by atoms with Gasteiger partial charge in [0.2, 0.25) is 5.91 Å². The van der Waals surface area contributed by atoms with E-state index in [-0.39, 0.29) is 18.4 Å². The molecule has 0 heterocycles. The third-order valence-electron chi connectivity index (χ3n) is 5.09. The molecule has 0 aliphatic rings. The summed E-state index contributed by atoms with van der Waals surface area (Å²) in [5.41, 5.74) is 0.516. The van der Waals surface area contributed by atoms with E-state index >= 15 is 0 Å². The number of nitrogens with one attached hydrogen (secondary N) is 1. The van der Waals surface area contributed by atoms with Crippen LogP contribution >= 0.6 is 31.9 Å². The van der Waals surface area contributed by atoms with Crippen LogP contribution in [0, 0.1) is 0 Å². The van der Waals surface area contributed by atoms with Gasteiger partial charge in [-0.05, 0) is 78.2 Å². The molecule has 1 atom stereocenters. The molecule has 0 fully saturated rings. The van der Waals surface area contributed by atoms with Gasteiger partial charge < -0.3 is 15.0 Å². The second-order valence-corrected chi connectivity index (χ2v) is 10.7. The number of ether oxygens (including phenoxy) is 1. The first-order chi connectivity index (χ1) is 15.5. The molecule has 0 aliphatic heterocycles. The fourth-order valence-corrected chi connectivity index (χ4v) is 4.49. The van der Waals surface area contributed by atoms with Gasteiger partial charge in [-0.3, -0.25) is 9.59 Å². The lowest BCUT2D eigenvalue weighted by Crippen LogP contribution is -2.53. The number of benzene rings is 3. The van der Waals surface area contributed by atoms with Crippen molar-refractivity contribution in [2.45, 2.75) is 45.8 Å². The fourth-order valence-electron chi connectivity index (χ4n) is 3.44. The topological polar surface area (TPSA) is 58.6 Å². The highest BCUT2D eigenvalue weighted by Gasteiger charge is 2.29. The zero-order valence-corrected chi connectivity index (χ0v) is 22.4. The summed E-state index contributed by atoms with van der Waals surface area (Å²) in [5, 5.41) is 5.05. The summed E-state index contributed by atoms with van der Waals surface area (Å²) >= 11 is 7.07. The molecule has 0 aromatic heterocycles. The van der Waals surface area contributed by atoms with Crippen molar-refractivity contribution in [2.75, 3.05) is 6.61 Å². The molecule has 33 heavy (non-hydrogen) atoms. The van der Waals surface area contributed by atoms with Crippen molar-refractivity contribution < 1.29 is 14.3 Å². The van der Waals surface area contributed by atoms with E-state index in [1.165, 1.54) is 0 Å². The molecule has 1 unspecified atom stereocenters. The molecule has 5 nitrogen and oxygen atoms in total. The minimum absolute atomic E-state index is 0.182. The molecule has 0 saturated carbocycles. The average Bonchev–Trinajstić information content (AvgIpc) is 2.75. The van der Waals surface area contributed by atoms with Crippen molar-refractivity contribution in [3.05, 3.63) is 75.2 Å². The number of hydrogen-bond acceptors (Lipinski definition) is 3. The van der Waals surface area contributed by atoms with Crippen LogP contribution in [-0.2, 0) is 16.1 Å². The highest BCUT2D eigenvalue weighted by molar-refractivity contribution is 9.11. The number of nitrogens with zero attached hydrogens (tertiary/aromatic N) is 1. The minimum Gasteiger partial charge on any atom is -0.483 e. The Kier molecular flexibility index (Phi) is 8.19. The number of carbonyl (C=O) groups excluding carboxylic acids is 2. The lowest BCUT2D eigenvalue weighted by molar-refractivity contribution is -0.142. The van der Waals surface area contributed by atoms with E-state index in [9.17, 15) is 9.59 Å². The molecule has 0 bridgehead atoms. The van der Waals surface area contributed by atoms with Crippen LogP contribution in [0.15, 0.2) is 69.6 Å². The molecule has 3 rings (SSSR count). The van der Waals surface area contributed by atoms with Crippen molar-refractivity contribution in [1.82, 2.24) is 10.2 Å². The first-order valence-corrected chi connectivity index (χ1v) is 12.3. The predicted octanol–water partition coefficient (Wildman–Crippen LogP) is 6.08. The smallest absolute Gasteiger partial charge is 0.261 e. The monoisotopic (exact) mass is 574 g/mol. The average molecular weight is 576 g/mol. The number of carbonyl (C=O) groups is 2. The first kappa shape index (κ1) is 25.2. The van der Waals surface area contributed by atoms with Gasteiger partial charge in [-0.15, -0.1) is 0 Å². The van der Waals surface area contributed by atoms with Crippen molar-refractivity contribution in [1.29, 1.82) is 0 Å². The number of fused-ring (bicyclic) bond motifs is 1. The van der Waals surface area contributed by atoms with Gasteiger partial charge in [-0.1, -0.05) is 58.4 Å². The van der Waals surface area contributed by atoms with Crippen molar-refractivity contribution in [2.24, 2.45) is 0 Å². The van der Waals surface area contributed by atoms with Crippen LogP contribution in [0.3, 0.4) is 0 Å². The number of amides is 2. The summed E-state index contributed by atoms with van der Waals surface area (Å²) in [6.07, 6.45) is 0. The highest BCUT2D eigenvalue weighted by atomic mass is 79.9. The summed E-state index contributed by atoms with van der Waals surface area (Å²) in [4.78, 5) is 27.7. The van der Waals surface area contributed by atoms with Gasteiger partial charge in [0.1, 0.15) is 11.8 Å². The zero-order valence-electron chi connectivity index (χ0n) is 19.2. The molecular weight excluding hydrogens is 548 g/mol. The summed E-state index contributed by atoms with van der Waals surface area (Å²) in [6.45, 7) is 7.59. The van der Waals surface area contributed by atoms with Crippen LogP contribution in [-0.4, -0.2) is 34.9 Å². The predicted molar refractivity (Wildman–Crippen MR) is 139 cm³/mol. The summed E-state index contributed by atoms with van der Waals surface area (Å²) < 4.78 is 7.61. The standard InChI is InChI=1S/C26H28Br2N2O3/c1-17(25(32)29-26(2,3)4)30(15-18-8-7-10-20(27)14-18)23(31)16-33-22-13-12-19-9-5-6-11-21(19)24(22)28/h5-14,17H,15-16H2,1-4H3,(H,29,32). The number of rotatable bonds is 7. The van der Waals surface area contributed by atoms with Crippen LogP contribution in [0.4, 0.5) is 0 Å². The van der Waals surface area contributed by atoms with E-state index in [0.29, 0.717) is 12.3 Å². The van der Waals surface area contributed by atoms with Crippen LogP contribution < -0.4 is 10.1 Å². The maximum Gasteiger partial charge on any atom is 0.261 e. The molecule has 0 spiro atoms. The Hall–Kier alpha value is -2.38.